The van der Waals surface area contributed by atoms with Crippen molar-refractivity contribution in [2.24, 2.45) is 0 Å². The Morgan fingerprint density at radius 2 is 1.52 bits per heavy atom. The predicted octanol–water partition coefficient (Wildman–Crippen LogP) is 3.98. The van der Waals surface area contributed by atoms with Crippen molar-refractivity contribution in [3.05, 3.63) is 84.2 Å². The zero-order valence-electron chi connectivity index (χ0n) is 23.1. The van der Waals surface area contributed by atoms with Gasteiger partial charge in [-0.25, -0.2) is 12.8 Å². The van der Waals surface area contributed by atoms with E-state index in [4.69, 9.17) is 9.47 Å². The molecule has 3 rings (SSSR count). The molecule has 0 aliphatic carbocycles. The Bertz CT molecular complexity index is 1420. The van der Waals surface area contributed by atoms with Gasteiger partial charge in [0.25, 0.3) is 10.0 Å². The van der Waals surface area contributed by atoms with Gasteiger partial charge in [0.15, 0.2) is 11.5 Å². The number of carbonyl (C=O) groups excluding carboxylic acids is 2. The second-order valence-electron chi connectivity index (χ2n) is 9.35. The normalized spacial score (nSPS) is 12.0. The van der Waals surface area contributed by atoms with Crippen LogP contribution >= 0.6 is 0 Å². The molecule has 1 N–H and O–H groups in total. The van der Waals surface area contributed by atoms with Crippen LogP contribution in [0.2, 0.25) is 0 Å². The number of nitrogens with zero attached hydrogens (tertiary/aromatic N) is 2. The van der Waals surface area contributed by atoms with Gasteiger partial charge in [-0.15, -0.1) is 0 Å². The van der Waals surface area contributed by atoms with Crippen LogP contribution in [-0.4, -0.2) is 58.0 Å². The maximum Gasteiger partial charge on any atom is 0.264 e. The molecule has 2 amide bonds. The zero-order chi connectivity index (χ0) is 29.4. The van der Waals surface area contributed by atoms with Crippen molar-refractivity contribution in [1.29, 1.82) is 0 Å². The topological polar surface area (TPSA) is 105 Å². The minimum Gasteiger partial charge on any atom is -0.493 e. The summed E-state index contributed by atoms with van der Waals surface area (Å²) in [7, 11) is -1.56. The van der Waals surface area contributed by atoms with E-state index in [1.165, 1.54) is 49.5 Å². The van der Waals surface area contributed by atoms with Crippen molar-refractivity contribution in [2.45, 2.75) is 44.3 Å². The highest BCUT2D eigenvalue weighted by atomic mass is 32.2. The van der Waals surface area contributed by atoms with Crippen LogP contribution in [0.5, 0.6) is 11.5 Å². The summed E-state index contributed by atoms with van der Waals surface area (Å²) in [6.45, 7) is 4.62. The number of nitrogens with one attached hydrogen (secondary N) is 1. The fourth-order valence-electron chi connectivity index (χ4n) is 4.01. The van der Waals surface area contributed by atoms with Gasteiger partial charge in [-0.05, 0) is 62.7 Å². The summed E-state index contributed by atoms with van der Waals surface area (Å²) < 4.78 is 53.0. The van der Waals surface area contributed by atoms with Crippen LogP contribution in [-0.2, 0) is 26.2 Å². The van der Waals surface area contributed by atoms with Crippen LogP contribution in [0.3, 0.4) is 0 Å². The van der Waals surface area contributed by atoms with Crippen molar-refractivity contribution in [3.63, 3.8) is 0 Å². The molecule has 0 fully saturated rings. The maximum atomic E-state index is 13.9. The number of halogens is 1. The summed E-state index contributed by atoms with van der Waals surface area (Å²) in [5, 5.41) is 2.80. The van der Waals surface area contributed by atoms with Gasteiger partial charge in [0.1, 0.15) is 18.4 Å². The zero-order valence-corrected chi connectivity index (χ0v) is 23.9. The highest BCUT2D eigenvalue weighted by Crippen LogP contribution is 2.32. The first-order valence-electron chi connectivity index (χ1n) is 12.6. The molecule has 40 heavy (non-hydrogen) atoms. The number of hydrogen-bond donors (Lipinski definition) is 1. The molecule has 0 aliphatic rings. The quantitative estimate of drug-likeness (QED) is 0.353. The molecular formula is C29H34FN3O6S. The van der Waals surface area contributed by atoms with E-state index in [9.17, 15) is 22.4 Å². The largest absolute Gasteiger partial charge is 0.493 e. The van der Waals surface area contributed by atoms with E-state index < -0.39 is 34.3 Å². The summed E-state index contributed by atoms with van der Waals surface area (Å²) in [5.41, 5.74) is 0.833. The van der Waals surface area contributed by atoms with Crippen molar-refractivity contribution >= 4 is 27.5 Å². The first-order valence-corrected chi connectivity index (χ1v) is 14.1. The van der Waals surface area contributed by atoms with Crippen LogP contribution in [0, 0.1) is 5.82 Å². The Morgan fingerprint density at radius 3 is 2.10 bits per heavy atom. The molecule has 0 saturated heterocycles. The second-order valence-corrected chi connectivity index (χ2v) is 11.2. The Balaban J connectivity index is 2.06. The highest BCUT2D eigenvalue weighted by Gasteiger charge is 2.33. The predicted molar refractivity (Wildman–Crippen MR) is 150 cm³/mol. The number of ether oxygens (including phenoxy) is 2. The molecule has 1 atom stereocenters. The third-order valence-electron chi connectivity index (χ3n) is 6.13. The van der Waals surface area contributed by atoms with Gasteiger partial charge in [-0.2, -0.15) is 0 Å². The van der Waals surface area contributed by atoms with Crippen LogP contribution in [0.15, 0.2) is 77.7 Å². The van der Waals surface area contributed by atoms with Gasteiger partial charge < -0.3 is 19.7 Å². The Morgan fingerprint density at radius 1 is 0.900 bits per heavy atom. The fraction of sp³-hybridized carbons (Fsp3) is 0.310. The SMILES string of the molecule is COc1ccc(S(=O)(=O)N(CC(=O)N(Cc2ccccc2)[C@H](C)C(=O)NC(C)C)c2ccc(F)cc2)cc1OC. The molecule has 0 heterocycles. The molecule has 214 valence electrons. The summed E-state index contributed by atoms with van der Waals surface area (Å²) in [6.07, 6.45) is 0. The number of rotatable bonds is 12. The van der Waals surface area contributed by atoms with Gasteiger partial charge >= 0.3 is 0 Å². The van der Waals surface area contributed by atoms with Crippen molar-refractivity contribution in [1.82, 2.24) is 10.2 Å². The number of methoxy groups -OCH3 is 2. The molecule has 3 aromatic carbocycles. The minimum atomic E-state index is -4.36. The summed E-state index contributed by atoms with van der Waals surface area (Å²) in [6, 6.07) is 16.8. The number of anilines is 1. The van der Waals surface area contributed by atoms with Crippen molar-refractivity contribution in [2.75, 3.05) is 25.1 Å². The first kappa shape index (κ1) is 30.4. The number of carbonyl (C=O) groups is 2. The van der Waals surface area contributed by atoms with E-state index in [0.717, 1.165) is 22.0 Å². The third-order valence-corrected chi connectivity index (χ3v) is 7.90. The lowest BCUT2D eigenvalue weighted by Crippen LogP contribution is -2.52. The van der Waals surface area contributed by atoms with E-state index in [-0.39, 0.29) is 34.8 Å². The molecule has 0 radical (unpaired) electrons. The number of sulfonamides is 1. The Kier molecular flexibility index (Phi) is 10.1. The fourth-order valence-corrected chi connectivity index (χ4v) is 5.44. The second kappa shape index (κ2) is 13.3. The molecule has 3 aromatic rings. The van der Waals surface area contributed by atoms with Crippen LogP contribution in [0.1, 0.15) is 26.3 Å². The molecule has 0 aliphatic heterocycles. The summed E-state index contributed by atoms with van der Waals surface area (Å²) in [4.78, 5) is 27.9. The summed E-state index contributed by atoms with van der Waals surface area (Å²) in [5.74, 6) is -1.06. The number of amides is 2. The number of hydrogen-bond acceptors (Lipinski definition) is 6. The van der Waals surface area contributed by atoms with Gasteiger partial charge in [-0.1, -0.05) is 30.3 Å². The lowest BCUT2D eigenvalue weighted by Gasteiger charge is -2.32. The molecule has 11 heteroatoms. The average molecular weight is 572 g/mol. The molecule has 0 unspecified atom stereocenters. The molecule has 0 bridgehead atoms. The minimum absolute atomic E-state index is 0.0695. The van der Waals surface area contributed by atoms with Crippen molar-refractivity contribution < 1.29 is 31.9 Å². The third kappa shape index (κ3) is 7.29. The van der Waals surface area contributed by atoms with E-state index >= 15 is 0 Å². The van der Waals surface area contributed by atoms with Gasteiger partial charge in [0, 0.05) is 18.7 Å². The number of benzene rings is 3. The van der Waals surface area contributed by atoms with E-state index in [0.29, 0.717) is 5.75 Å². The highest BCUT2D eigenvalue weighted by molar-refractivity contribution is 7.92. The monoisotopic (exact) mass is 571 g/mol. The van der Waals surface area contributed by atoms with Crippen LogP contribution in [0.25, 0.3) is 0 Å². The smallest absolute Gasteiger partial charge is 0.264 e. The Hall–Kier alpha value is -4.12. The molecule has 0 aromatic heterocycles. The maximum absolute atomic E-state index is 13.9. The van der Waals surface area contributed by atoms with Gasteiger partial charge in [0.05, 0.1) is 24.8 Å². The molecule has 9 nitrogen and oxygen atoms in total. The Labute approximate surface area is 234 Å². The van der Waals surface area contributed by atoms with Gasteiger partial charge in [-0.3, -0.25) is 13.9 Å². The average Bonchev–Trinajstić information content (AvgIpc) is 2.94. The molecule has 0 saturated carbocycles. The van der Waals surface area contributed by atoms with E-state index in [1.807, 2.05) is 30.3 Å². The van der Waals surface area contributed by atoms with E-state index in [1.54, 1.807) is 20.8 Å². The summed E-state index contributed by atoms with van der Waals surface area (Å²) >= 11 is 0. The first-order chi connectivity index (χ1) is 19.0. The lowest BCUT2D eigenvalue weighted by atomic mass is 10.1. The standard InChI is InChI=1S/C29H34FN3O6S/c1-20(2)31-29(35)21(3)32(18-22-9-7-6-8-10-22)28(34)19-33(24-13-11-23(30)12-14-24)40(36,37)25-15-16-26(38-4)27(17-25)39-5/h6-17,20-21H,18-19H2,1-5H3,(H,31,35)/t21-/m1/s1. The molecule has 0 spiro atoms. The van der Waals surface area contributed by atoms with Crippen LogP contribution in [0.4, 0.5) is 10.1 Å². The van der Waals surface area contributed by atoms with Crippen molar-refractivity contribution in [3.8, 4) is 11.5 Å². The van der Waals surface area contributed by atoms with Gasteiger partial charge in [0.2, 0.25) is 11.8 Å². The molecular weight excluding hydrogens is 537 g/mol. The van der Waals surface area contributed by atoms with Crippen LogP contribution < -0.4 is 19.1 Å². The lowest BCUT2D eigenvalue weighted by molar-refractivity contribution is -0.139. The van der Waals surface area contributed by atoms with E-state index in [2.05, 4.69) is 5.32 Å².